The van der Waals surface area contributed by atoms with Gasteiger partial charge in [-0.25, -0.2) is 4.79 Å². The zero-order valence-electron chi connectivity index (χ0n) is 14.7. The molecule has 0 spiro atoms. The van der Waals surface area contributed by atoms with Crippen molar-refractivity contribution in [3.63, 3.8) is 0 Å². The molecule has 1 atom stereocenters. The van der Waals surface area contributed by atoms with E-state index in [0.29, 0.717) is 55.2 Å². The average molecular weight is 381 g/mol. The third-order valence-electron chi connectivity index (χ3n) is 4.70. The number of benzene rings is 1. The Labute approximate surface area is 158 Å². The van der Waals surface area contributed by atoms with E-state index >= 15 is 0 Å². The molecule has 2 saturated heterocycles. The Morgan fingerprint density at radius 2 is 2.12 bits per heavy atom. The van der Waals surface area contributed by atoms with E-state index in [-0.39, 0.29) is 11.9 Å². The maximum absolute atomic E-state index is 12.6. The van der Waals surface area contributed by atoms with Gasteiger partial charge in [-0.2, -0.15) is 0 Å². The summed E-state index contributed by atoms with van der Waals surface area (Å²) in [6.07, 6.45) is 3.24. The SMILES string of the molecule is O=C(NCC[C@H]1CCCN1)Nc1cc(C(=O)N2CCOCC2)ccc1Cl. The van der Waals surface area contributed by atoms with Crippen molar-refractivity contribution in [2.24, 2.45) is 0 Å². The van der Waals surface area contributed by atoms with Crippen LogP contribution in [0.1, 0.15) is 29.6 Å². The number of hydrogen-bond acceptors (Lipinski definition) is 4. The van der Waals surface area contributed by atoms with Gasteiger partial charge in [0, 0.05) is 31.2 Å². The highest BCUT2D eigenvalue weighted by atomic mass is 35.5. The van der Waals surface area contributed by atoms with Crippen molar-refractivity contribution in [2.45, 2.75) is 25.3 Å². The molecule has 26 heavy (non-hydrogen) atoms. The number of rotatable bonds is 5. The number of carbonyl (C=O) groups excluding carboxylic acids is 2. The molecule has 3 amide bonds. The minimum atomic E-state index is -0.319. The minimum Gasteiger partial charge on any atom is -0.378 e. The first kappa shape index (κ1) is 18.9. The van der Waals surface area contributed by atoms with Gasteiger partial charge >= 0.3 is 6.03 Å². The molecule has 7 nitrogen and oxygen atoms in total. The summed E-state index contributed by atoms with van der Waals surface area (Å²) < 4.78 is 5.27. The van der Waals surface area contributed by atoms with E-state index in [2.05, 4.69) is 16.0 Å². The number of ether oxygens (including phenoxy) is 1. The smallest absolute Gasteiger partial charge is 0.319 e. The van der Waals surface area contributed by atoms with Crippen molar-refractivity contribution < 1.29 is 14.3 Å². The van der Waals surface area contributed by atoms with Gasteiger partial charge in [-0.15, -0.1) is 0 Å². The Bertz CT molecular complexity index is 643. The van der Waals surface area contributed by atoms with Gasteiger partial charge in [-0.3, -0.25) is 4.79 Å². The lowest BCUT2D eigenvalue weighted by Gasteiger charge is -2.27. The van der Waals surface area contributed by atoms with Crippen molar-refractivity contribution >= 4 is 29.2 Å². The fraction of sp³-hybridized carbons (Fsp3) is 0.556. The summed E-state index contributed by atoms with van der Waals surface area (Å²) in [4.78, 5) is 26.4. The van der Waals surface area contributed by atoms with Crippen molar-refractivity contribution in [2.75, 3.05) is 44.7 Å². The van der Waals surface area contributed by atoms with Gasteiger partial charge in [0.2, 0.25) is 0 Å². The number of urea groups is 1. The predicted octanol–water partition coefficient (Wildman–Crippen LogP) is 2.08. The van der Waals surface area contributed by atoms with E-state index in [1.807, 2.05) is 0 Å². The van der Waals surface area contributed by atoms with E-state index in [1.54, 1.807) is 23.1 Å². The Morgan fingerprint density at radius 1 is 1.31 bits per heavy atom. The summed E-state index contributed by atoms with van der Waals surface area (Å²) >= 11 is 6.17. The zero-order chi connectivity index (χ0) is 18.4. The first-order valence-corrected chi connectivity index (χ1v) is 9.46. The standard InChI is InChI=1S/C18H25ClN4O3/c19-15-4-3-13(17(24)23-8-10-26-11-9-23)12-16(15)22-18(25)21-7-5-14-2-1-6-20-14/h3-4,12,14,20H,1-2,5-11H2,(H2,21,22,25)/t14-/m1/s1. The van der Waals surface area contributed by atoms with Gasteiger partial charge in [0.1, 0.15) is 0 Å². The van der Waals surface area contributed by atoms with Crippen LogP contribution in [0, 0.1) is 0 Å². The number of nitrogens with zero attached hydrogens (tertiary/aromatic N) is 1. The van der Waals surface area contributed by atoms with E-state index in [9.17, 15) is 9.59 Å². The molecule has 0 aliphatic carbocycles. The predicted molar refractivity (Wildman–Crippen MR) is 101 cm³/mol. The fourth-order valence-corrected chi connectivity index (χ4v) is 3.40. The zero-order valence-corrected chi connectivity index (χ0v) is 15.5. The molecule has 8 heteroatoms. The van der Waals surface area contributed by atoms with Gasteiger partial charge in [0.05, 0.1) is 23.9 Å². The maximum Gasteiger partial charge on any atom is 0.319 e. The first-order valence-electron chi connectivity index (χ1n) is 9.08. The highest BCUT2D eigenvalue weighted by Gasteiger charge is 2.20. The van der Waals surface area contributed by atoms with Crippen molar-refractivity contribution in [1.29, 1.82) is 0 Å². The van der Waals surface area contributed by atoms with Crippen molar-refractivity contribution in [3.05, 3.63) is 28.8 Å². The van der Waals surface area contributed by atoms with Crippen LogP contribution in [0.5, 0.6) is 0 Å². The highest BCUT2D eigenvalue weighted by molar-refractivity contribution is 6.33. The number of halogens is 1. The van der Waals surface area contributed by atoms with Crippen LogP contribution in [-0.4, -0.2) is 62.3 Å². The lowest BCUT2D eigenvalue weighted by atomic mass is 10.1. The molecular weight excluding hydrogens is 356 g/mol. The largest absolute Gasteiger partial charge is 0.378 e. The molecule has 2 aliphatic rings. The second kappa shape index (κ2) is 9.21. The Morgan fingerprint density at radius 3 is 2.85 bits per heavy atom. The van der Waals surface area contributed by atoms with Gasteiger partial charge in [-0.05, 0) is 44.0 Å². The number of carbonyl (C=O) groups is 2. The molecule has 3 N–H and O–H groups in total. The molecule has 1 aromatic carbocycles. The molecule has 142 valence electrons. The molecule has 2 fully saturated rings. The summed E-state index contributed by atoms with van der Waals surface area (Å²) in [5.41, 5.74) is 0.934. The third-order valence-corrected chi connectivity index (χ3v) is 5.03. The molecule has 0 unspecified atom stereocenters. The molecule has 0 saturated carbocycles. The van der Waals surface area contributed by atoms with Gasteiger partial charge in [0.15, 0.2) is 0 Å². The number of anilines is 1. The Hall–Kier alpha value is -1.83. The second-order valence-corrected chi connectivity index (χ2v) is 6.97. The lowest BCUT2D eigenvalue weighted by Crippen LogP contribution is -2.40. The topological polar surface area (TPSA) is 82.7 Å². The molecular formula is C18H25ClN4O3. The molecule has 2 aliphatic heterocycles. The van der Waals surface area contributed by atoms with E-state index in [4.69, 9.17) is 16.3 Å². The summed E-state index contributed by atoms with van der Waals surface area (Å²) in [6.45, 7) is 3.87. The molecule has 0 radical (unpaired) electrons. The van der Waals surface area contributed by atoms with Crippen LogP contribution in [0.4, 0.5) is 10.5 Å². The normalized spacial score (nSPS) is 20.0. The second-order valence-electron chi connectivity index (χ2n) is 6.56. The van der Waals surface area contributed by atoms with Crippen LogP contribution in [0.15, 0.2) is 18.2 Å². The van der Waals surface area contributed by atoms with Crippen LogP contribution in [0.3, 0.4) is 0 Å². The van der Waals surface area contributed by atoms with Crippen LogP contribution < -0.4 is 16.0 Å². The summed E-state index contributed by atoms with van der Waals surface area (Å²) in [5, 5.41) is 9.37. The van der Waals surface area contributed by atoms with Gasteiger partial charge in [0.25, 0.3) is 5.91 Å². The Balaban J connectivity index is 1.54. The quantitative estimate of drug-likeness (QED) is 0.730. The summed E-state index contributed by atoms with van der Waals surface area (Å²) in [7, 11) is 0. The fourth-order valence-electron chi connectivity index (χ4n) is 3.23. The average Bonchev–Trinajstić information content (AvgIpc) is 3.17. The van der Waals surface area contributed by atoms with E-state index in [1.165, 1.54) is 6.42 Å². The molecule has 0 bridgehead atoms. The van der Waals surface area contributed by atoms with Crippen LogP contribution in [0.25, 0.3) is 0 Å². The molecule has 3 rings (SSSR count). The summed E-state index contributed by atoms with van der Waals surface area (Å²) in [5.74, 6) is -0.0827. The first-order chi connectivity index (χ1) is 12.6. The number of amides is 3. The molecule has 0 aromatic heterocycles. The van der Waals surface area contributed by atoms with Crippen LogP contribution >= 0.6 is 11.6 Å². The lowest BCUT2D eigenvalue weighted by molar-refractivity contribution is 0.0303. The van der Waals surface area contributed by atoms with Crippen molar-refractivity contribution in [3.8, 4) is 0 Å². The van der Waals surface area contributed by atoms with E-state index in [0.717, 1.165) is 19.4 Å². The number of morpholine rings is 1. The minimum absolute atomic E-state index is 0.0827. The highest BCUT2D eigenvalue weighted by Crippen LogP contribution is 2.24. The molecule has 2 heterocycles. The van der Waals surface area contributed by atoms with Crippen LogP contribution in [-0.2, 0) is 4.74 Å². The van der Waals surface area contributed by atoms with Crippen molar-refractivity contribution in [1.82, 2.24) is 15.5 Å². The van der Waals surface area contributed by atoms with Gasteiger partial charge < -0.3 is 25.6 Å². The van der Waals surface area contributed by atoms with Gasteiger partial charge in [-0.1, -0.05) is 11.6 Å². The maximum atomic E-state index is 12.6. The monoisotopic (exact) mass is 380 g/mol. The number of hydrogen-bond donors (Lipinski definition) is 3. The third kappa shape index (κ3) is 5.09. The molecule has 1 aromatic rings. The van der Waals surface area contributed by atoms with E-state index < -0.39 is 0 Å². The summed E-state index contributed by atoms with van der Waals surface area (Å²) in [6, 6.07) is 5.09. The Kier molecular flexibility index (Phi) is 6.71. The van der Waals surface area contributed by atoms with Crippen LogP contribution in [0.2, 0.25) is 5.02 Å². The number of nitrogens with one attached hydrogen (secondary N) is 3.